The van der Waals surface area contributed by atoms with Gasteiger partial charge >= 0.3 is 0 Å². The van der Waals surface area contributed by atoms with Crippen molar-refractivity contribution >= 4 is 49.0 Å². The zero-order valence-corrected chi connectivity index (χ0v) is 13.8. The molecule has 5 heteroatoms. The Morgan fingerprint density at radius 2 is 2.00 bits per heavy atom. The lowest BCUT2D eigenvalue weighted by Gasteiger charge is -2.06. The summed E-state index contributed by atoms with van der Waals surface area (Å²) in [4.78, 5) is 13.0. The second-order valence-corrected chi connectivity index (χ2v) is 6.97. The Labute approximate surface area is 126 Å². The number of thiophene rings is 1. The number of methoxy groups -OCH3 is 1. The van der Waals surface area contributed by atoms with Gasteiger partial charge in [0, 0.05) is 10.0 Å². The predicted octanol–water partition coefficient (Wildman–Crippen LogP) is 4.82. The van der Waals surface area contributed by atoms with Crippen LogP contribution in [0, 0.1) is 6.92 Å². The van der Waals surface area contributed by atoms with Crippen LogP contribution in [-0.2, 0) is 0 Å². The third kappa shape index (κ3) is 2.68. The molecular formula is C13H10Br2O2S. The lowest BCUT2D eigenvalue weighted by atomic mass is 10.1. The highest BCUT2D eigenvalue weighted by Crippen LogP contribution is 2.34. The Kier molecular flexibility index (Phi) is 4.25. The zero-order valence-electron chi connectivity index (χ0n) is 9.79. The molecule has 0 fully saturated rings. The first-order valence-corrected chi connectivity index (χ1v) is 7.57. The molecule has 0 saturated heterocycles. The van der Waals surface area contributed by atoms with Crippen LogP contribution in [0.1, 0.15) is 20.8 Å². The molecule has 0 radical (unpaired) electrons. The van der Waals surface area contributed by atoms with Crippen LogP contribution >= 0.6 is 43.2 Å². The number of rotatable bonds is 3. The molecule has 1 heterocycles. The van der Waals surface area contributed by atoms with E-state index in [1.807, 2.05) is 25.1 Å². The predicted molar refractivity (Wildman–Crippen MR) is 80.9 cm³/mol. The number of hydrogen-bond acceptors (Lipinski definition) is 3. The van der Waals surface area contributed by atoms with E-state index >= 15 is 0 Å². The summed E-state index contributed by atoms with van der Waals surface area (Å²) >= 11 is 8.19. The molecule has 2 nitrogen and oxygen atoms in total. The van der Waals surface area contributed by atoms with Crippen LogP contribution in [0.4, 0.5) is 0 Å². The molecule has 2 rings (SSSR count). The minimum Gasteiger partial charge on any atom is -0.496 e. The Bertz CT molecular complexity index is 586. The topological polar surface area (TPSA) is 26.3 Å². The minimum atomic E-state index is 0.00435. The smallest absolute Gasteiger partial charge is 0.203 e. The van der Waals surface area contributed by atoms with Crippen molar-refractivity contribution in [1.29, 1.82) is 0 Å². The summed E-state index contributed by atoms with van der Waals surface area (Å²) < 4.78 is 7.05. The first kappa shape index (κ1) is 13.8. The van der Waals surface area contributed by atoms with Gasteiger partial charge in [0.2, 0.25) is 5.78 Å². The van der Waals surface area contributed by atoms with Gasteiger partial charge in [0.25, 0.3) is 0 Å². The van der Waals surface area contributed by atoms with E-state index in [9.17, 15) is 4.79 Å². The Balaban J connectivity index is 2.39. The molecule has 1 aromatic carbocycles. The van der Waals surface area contributed by atoms with Crippen LogP contribution in [0.3, 0.4) is 0 Å². The van der Waals surface area contributed by atoms with E-state index in [4.69, 9.17) is 4.74 Å². The van der Waals surface area contributed by atoms with Gasteiger partial charge in [-0.2, -0.15) is 0 Å². The maximum absolute atomic E-state index is 12.3. The molecule has 0 aliphatic heterocycles. The summed E-state index contributed by atoms with van der Waals surface area (Å²) in [6, 6.07) is 7.31. The number of carbonyl (C=O) groups excluding carboxylic acids is 1. The van der Waals surface area contributed by atoms with Crippen molar-refractivity contribution in [2.24, 2.45) is 0 Å². The van der Waals surface area contributed by atoms with Crippen LogP contribution in [0.25, 0.3) is 0 Å². The third-order valence-electron chi connectivity index (χ3n) is 2.54. The minimum absolute atomic E-state index is 0.00435. The first-order valence-electron chi connectivity index (χ1n) is 5.17. The van der Waals surface area contributed by atoms with Crippen LogP contribution in [-0.4, -0.2) is 12.9 Å². The molecule has 0 atom stereocenters. The van der Waals surface area contributed by atoms with E-state index < -0.39 is 0 Å². The number of ether oxygens (including phenoxy) is 1. The van der Waals surface area contributed by atoms with E-state index in [2.05, 4.69) is 31.9 Å². The number of halogens is 2. The molecule has 0 bridgehead atoms. The fraction of sp³-hybridized carbons (Fsp3) is 0.154. The lowest BCUT2D eigenvalue weighted by Crippen LogP contribution is -1.99. The Morgan fingerprint density at radius 1 is 1.28 bits per heavy atom. The zero-order chi connectivity index (χ0) is 13.3. The normalized spacial score (nSPS) is 10.4. The highest BCUT2D eigenvalue weighted by molar-refractivity contribution is 9.13. The van der Waals surface area contributed by atoms with Gasteiger partial charge in [-0.1, -0.05) is 12.1 Å². The summed E-state index contributed by atoms with van der Waals surface area (Å²) in [5.74, 6) is 0.736. The van der Waals surface area contributed by atoms with Crippen molar-refractivity contribution in [2.75, 3.05) is 7.11 Å². The van der Waals surface area contributed by atoms with Crippen molar-refractivity contribution in [3.8, 4) is 5.75 Å². The number of carbonyl (C=O) groups is 1. The van der Waals surface area contributed by atoms with Gasteiger partial charge in [-0.05, 0) is 56.5 Å². The van der Waals surface area contributed by atoms with Crippen molar-refractivity contribution in [3.05, 3.63) is 48.5 Å². The van der Waals surface area contributed by atoms with Gasteiger partial charge in [0.1, 0.15) is 5.75 Å². The van der Waals surface area contributed by atoms with Gasteiger partial charge in [0.15, 0.2) is 0 Å². The van der Waals surface area contributed by atoms with E-state index in [1.54, 1.807) is 13.2 Å². The monoisotopic (exact) mass is 388 g/mol. The fourth-order valence-corrected chi connectivity index (χ4v) is 3.56. The summed E-state index contributed by atoms with van der Waals surface area (Å²) in [6.07, 6.45) is 0. The summed E-state index contributed by atoms with van der Waals surface area (Å²) in [5, 5.41) is 0. The molecule has 0 aliphatic carbocycles. The molecule has 1 aromatic heterocycles. The van der Waals surface area contributed by atoms with Gasteiger partial charge in [-0.25, -0.2) is 0 Å². The van der Waals surface area contributed by atoms with E-state index in [1.165, 1.54) is 11.3 Å². The average Bonchev–Trinajstić information content (AvgIpc) is 2.69. The van der Waals surface area contributed by atoms with Crippen molar-refractivity contribution in [3.63, 3.8) is 0 Å². The van der Waals surface area contributed by atoms with Crippen molar-refractivity contribution in [2.45, 2.75) is 6.92 Å². The third-order valence-corrected chi connectivity index (χ3v) is 5.79. The van der Waals surface area contributed by atoms with Gasteiger partial charge in [0.05, 0.1) is 15.8 Å². The Hall–Kier alpha value is -0.650. The van der Waals surface area contributed by atoms with Crippen molar-refractivity contribution < 1.29 is 9.53 Å². The second kappa shape index (κ2) is 5.55. The molecule has 0 unspecified atom stereocenters. The highest BCUT2D eigenvalue weighted by Gasteiger charge is 2.15. The molecule has 0 saturated carbocycles. The molecule has 0 N–H and O–H groups in total. The highest BCUT2D eigenvalue weighted by atomic mass is 79.9. The summed E-state index contributed by atoms with van der Waals surface area (Å²) in [6.45, 7) is 1.95. The summed E-state index contributed by atoms with van der Waals surface area (Å²) in [5.41, 5.74) is 1.65. The number of hydrogen-bond donors (Lipinski definition) is 0. The van der Waals surface area contributed by atoms with Crippen LogP contribution in [0.15, 0.2) is 32.5 Å². The largest absolute Gasteiger partial charge is 0.496 e. The number of ketones is 1. The van der Waals surface area contributed by atoms with Gasteiger partial charge < -0.3 is 4.74 Å². The summed E-state index contributed by atoms with van der Waals surface area (Å²) in [7, 11) is 1.61. The number of aryl methyl sites for hydroxylation is 1. The second-order valence-electron chi connectivity index (χ2n) is 3.75. The van der Waals surface area contributed by atoms with Crippen LogP contribution in [0.2, 0.25) is 0 Å². The Morgan fingerprint density at radius 3 is 2.56 bits per heavy atom. The number of benzene rings is 1. The molecule has 2 aromatic rings. The fourth-order valence-electron chi connectivity index (χ4n) is 1.56. The van der Waals surface area contributed by atoms with E-state index in [-0.39, 0.29) is 5.78 Å². The lowest BCUT2D eigenvalue weighted by molar-refractivity contribution is 0.104. The maximum Gasteiger partial charge on any atom is 0.203 e. The van der Waals surface area contributed by atoms with Gasteiger partial charge in [-0.3, -0.25) is 4.79 Å². The van der Waals surface area contributed by atoms with E-state index in [0.717, 1.165) is 19.6 Å². The van der Waals surface area contributed by atoms with E-state index in [0.29, 0.717) is 10.4 Å². The SMILES string of the molecule is COc1cc(C(=O)c2cc(Br)c(Br)s2)ccc1C. The van der Waals surface area contributed by atoms with Gasteiger partial charge in [-0.15, -0.1) is 11.3 Å². The molecule has 0 amide bonds. The maximum atomic E-state index is 12.3. The molecule has 94 valence electrons. The quantitative estimate of drug-likeness (QED) is 0.703. The first-order chi connectivity index (χ1) is 8.52. The molecule has 0 aliphatic rings. The molecule has 0 spiro atoms. The standard InChI is InChI=1S/C13H10Br2O2S/c1-7-3-4-8(5-10(7)17-2)12(16)11-6-9(14)13(15)18-11/h3-6H,1-2H3. The average molecular weight is 390 g/mol. The molecule has 18 heavy (non-hydrogen) atoms. The van der Waals surface area contributed by atoms with Crippen LogP contribution in [0.5, 0.6) is 5.75 Å². The molecular weight excluding hydrogens is 380 g/mol. The van der Waals surface area contributed by atoms with Crippen LogP contribution < -0.4 is 4.74 Å². The van der Waals surface area contributed by atoms with Crippen molar-refractivity contribution in [1.82, 2.24) is 0 Å².